The predicted octanol–water partition coefficient (Wildman–Crippen LogP) is 9.64. The van der Waals surface area contributed by atoms with E-state index >= 15 is 0 Å². The molecular formula is C51H47N2O4+. The fourth-order valence-electron chi connectivity index (χ4n) is 9.43. The Hall–Kier alpha value is -5.92. The zero-order valence-corrected chi connectivity index (χ0v) is 32.0. The highest BCUT2D eigenvalue weighted by Gasteiger charge is 2.46. The molecule has 0 heterocycles. The van der Waals surface area contributed by atoms with Gasteiger partial charge in [-0.3, -0.25) is 10.0 Å². The minimum Gasteiger partial charge on any atom is -0.285 e. The van der Waals surface area contributed by atoms with Gasteiger partial charge in [-0.1, -0.05) is 171 Å². The van der Waals surface area contributed by atoms with Crippen LogP contribution in [0.5, 0.6) is 0 Å². The normalized spacial score (nSPS) is 21.5. The molecule has 0 bridgehead atoms. The van der Waals surface area contributed by atoms with Crippen LogP contribution in [0.15, 0.2) is 175 Å². The molecule has 0 aromatic heterocycles. The number of carbonyl (C=O) groups excluding carboxylic acids is 2. The lowest BCUT2D eigenvalue weighted by Crippen LogP contribution is -3.18. The highest BCUT2D eigenvalue weighted by atomic mass is 16.5. The van der Waals surface area contributed by atoms with Gasteiger partial charge in [0.05, 0.1) is 5.92 Å². The summed E-state index contributed by atoms with van der Waals surface area (Å²) in [5.74, 6) is -1.93. The molecule has 1 saturated carbocycles. The van der Waals surface area contributed by atoms with Crippen LogP contribution in [0.2, 0.25) is 0 Å². The molecule has 0 radical (unpaired) electrons. The number of nitrogens with one attached hydrogen (secondary N) is 1. The minimum atomic E-state index is -0.819. The van der Waals surface area contributed by atoms with Crippen LogP contribution in [0, 0.1) is 11.8 Å². The second-order valence-electron chi connectivity index (χ2n) is 16.0. The Bertz CT molecular complexity index is 2560. The molecule has 57 heavy (non-hydrogen) atoms. The number of hydrogen-bond acceptors (Lipinski definition) is 4. The Balaban J connectivity index is 1.07. The summed E-state index contributed by atoms with van der Waals surface area (Å²) in [5.41, 5.74) is 4.25. The summed E-state index contributed by atoms with van der Waals surface area (Å²) in [6.07, 6.45) is 15.1. The summed E-state index contributed by atoms with van der Waals surface area (Å²) in [7, 11) is 0. The second-order valence-corrected chi connectivity index (χ2v) is 16.0. The minimum absolute atomic E-state index is 0.221. The lowest BCUT2D eigenvalue weighted by molar-refractivity contribution is -1.04. The molecule has 0 spiro atoms. The first-order chi connectivity index (χ1) is 27.8. The third kappa shape index (κ3) is 7.06. The van der Waals surface area contributed by atoms with Crippen LogP contribution >= 0.6 is 0 Å². The van der Waals surface area contributed by atoms with Crippen molar-refractivity contribution in [1.82, 2.24) is 5.06 Å². The average molecular weight is 752 g/mol. The Morgan fingerprint density at radius 1 is 0.667 bits per heavy atom. The maximum atomic E-state index is 15.0. The van der Waals surface area contributed by atoms with Gasteiger partial charge in [0.1, 0.15) is 18.0 Å². The SMILES string of the molecule is CC1C=CC=C2C=C(C(C(=O)[NH+](O)C3CCCCC3N(O)C(=O)C(c3ccc4ccccc4c3)c3ccc4ccccc4c3)c3ccc4ccccc4c3)C=CC21. The Morgan fingerprint density at radius 3 is 1.74 bits per heavy atom. The number of allylic oxidation sites excluding steroid dienone is 7. The molecule has 6 aromatic carbocycles. The number of quaternary nitrogens is 1. The Labute approximate surface area is 333 Å². The van der Waals surface area contributed by atoms with E-state index in [4.69, 9.17) is 0 Å². The predicted molar refractivity (Wildman–Crippen MR) is 226 cm³/mol. The van der Waals surface area contributed by atoms with E-state index in [1.165, 1.54) is 0 Å². The summed E-state index contributed by atoms with van der Waals surface area (Å²) in [6, 6.07) is 40.7. The van der Waals surface area contributed by atoms with Crippen molar-refractivity contribution in [2.45, 2.75) is 56.5 Å². The second kappa shape index (κ2) is 15.5. The third-order valence-corrected chi connectivity index (χ3v) is 12.5. The van der Waals surface area contributed by atoms with Gasteiger partial charge < -0.3 is 0 Å². The molecule has 2 amide bonds. The number of nitrogens with zero attached hydrogens (tertiary/aromatic N) is 1. The first kappa shape index (κ1) is 36.7. The largest absolute Gasteiger partial charge is 0.356 e. The van der Waals surface area contributed by atoms with Crippen LogP contribution in [0.3, 0.4) is 0 Å². The summed E-state index contributed by atoms with van der Waals surface area (Å²) < 4.78 is 0. The molecule has 9 rings (SSSR count). The van der Waals surface area contributed by atoms with Gasteiger partial charge in [-0.15, -0.1) is 5.06 Å². The van der Waals surface area contributed by atoms with Crippen LogP contribution in [-0.2, 0) is 9.59 Å². The van der Waals surface area contributed by atoms with Crippen molar-refractivity contribution >= 4 is 44.1 Å². The van der Waals surface area contributed by atoms with E-state index in [-0.39, 0.29) is 11.0 Å². The summed E-state index contributed by atoms with van der Waals surface area (Å²) in [5, 5.41) is 31.1. The van der Waals surface area contributed by atoms with E-state index in [9.17, 15) is 20.0 Å². The van der Waals surface area contributed by atoms with Crippen LogP contribution in [0.4, 0.5) is 0 Å². The summed E-state index contributed by atoms with van der Waals surface area (Å²) in [6.45, 7) is 2.19. The average Bonchev–Trinajstić information content (AvgIpc) is 3.26. The molecule has 3 N–H and O–H groups in total. The van der Waals surface area contributed by atoms with Crippen molar-refractivity contribution in [1.29, 1.82) is 0 Å². The third-order valence-electron chi connectivity index (χ3n) is 12.5. The van der Waals surface area contributed by atoms with E-state index in [2.05, 4.69) is 37.3 Å². The van der Waals surface area contributed by atoms with E-state index in [1.807, 2.05) is 133 Å². The highest BCUT2D eigenvalue weighted by molar-refractivity contribution is 5.92. The van der Waals surface area contributed by atoms with Crippen LogP contribution in [-0.4, -0.2) is 39.4 Å². The van der Waals surface area contributed by atoms with E-state index in [1.54, 1.807) is 0 Å². The van der Waals surface area contributed by atoms with Crippen LogP contribution in [0.1, 0.15) is 61.1 Å². The lowest BCUT2D eigenvalue weighted by Gasteiger charge is -2.38. The molecule has 6 nitrogen and oxygen atoms in total. The van der Waals surface area contributed by atoms with Gasteiger partial charge in [-0.05, 0) is 85.0 Å². The Kier molecular flexibility index (Phi) is 10.0. The smallest absolute Gasteiger partial charge is 0.285 e. The van der Waals surface area contributed by atoms with E-state index < -0.39 is 35.7 Å². The molecule has 0 saturated heterocycles. The van der Waals surface area contributed by atoms with Crippen molar-refractivity contribution in [2.75, 3.05) is 0 Å². The number of rotatable bonds is 8. The molecule has 0 aliphatic heterocycles. The first-order valence-electron chi connectivity index (χ1n) is 20.2. The van der Waals surface area contributed by atoms with Gasteiger partial charge in [0.25, 0.3) is 5.91 Å². The van der Waals surface area contributed by atoms with Crippen LogP contribution in [0.25, 0.3) is 32.3 Å². The van der Waals surface area contributed by atoms with Crippen LogP contribution < -0.4 is 5.06 Å². The molecule has 6 atom stereocenters. The molecule has 6 heteroatoms. The number of amides is 2. The number of benzene rings is 6. The lowest BCUT2D eigenvalue weighted by atomic mass is 9.76. The topological polar surface area (TPSA) is 82.3 Å². The van der Waals surface area contributed by atoms with Crippen molar-refractivity contribution in [3.8, 4) is 0 Å². The highest BCUT2D eigenvalue weighted by Crippen LogP contribution is 2.38. The monoisotopic (exact) mass is 751 g/mol. The molecule has 3 aliphatic carbocycles. The maximum Gasteiger partial charge on any atom is 0.356 e. The summed E-state index contributed by atoms with van der Waals surface area (Å²) in [4.78, 5) is 29.9. The molecule has 1 fully saturated rings. The van der Waals surface area contributed by atoms with Gasteiger partial charge in [0.2, 0.25) is 0 Å². The molecule has 6 aromatic rings. The molecule has 6 unspecified atom stereocenters. The van der Waals surface area contributed by atoms with E-state index in [0.29, 0.717) is 18.8 Å². The quantitative estimate of drug-likeness (QED) is 0.107. The van der Waals surface area contributed by atoms with Gasteiger partial charge in [-0.25, -0.2) is 15.1 Å². The number of fused-ring (bicyclic) bond motifs is 4. The summed E-state index contributed by atoms with van der Waals surface area (Å²) >= 11 is 0. The molecular weight excluding hydrogens is 705 g/mol. The van der Waals surface area contributed by atoms with Gasteiger partial charge in [-0.2, -0.15) is 0 Å². The van der Waals surface area contributed by atoms with Crippen molar-refractivity contribution in [3.05, 3.63) is 192 Å². The van der Waals surface area contributed by atoms with Gasteiger partial charge in [0, 0.05) is 12.3 Å². The number of carbonyl (C=O) groups is 2. The van der Waals surface area contributed by atoms with Gasteiger partial charge >= 0.3 is 5.91 Å². The zero-order valence-electron chi connectivity index (χ0n) is 32.0. The fraction of sp³-hybridized carbons (Fsp3) is 0.216. The zero-order chi connectivity index (χ0) is 39.0. The standard InChI is InChI=1S/C51H46N2O4/c1-33-11-10-18-40-32-44(27-28-45(33)40)49(43-26-23-36-14-4-7-17-39(36)31-43)51(55)53(57)47-20-9-8-19-46(47)52(56)50(54)48(41-24-21-34-12-2-5-15-37(34)29-41)42-25-22-35-13-3-6-16-38(35)30-42/h2-7,10-18,21-33,45-49,56-57H,8-9,19-20H2,1H3/p+1. The molecule has 284 valence electrons. The van der Waals surface area contributed by atoms with Crippen molar-refractivity contribution in [3.63, 3.8) is 0 Å². The number of hydroxylamine groups is 4. The molecule has 3 aliphatic rings. The van der Waals surface area contributed by atoms with E-state index in [0.717, 1.165) is 78.1 Å². The fourth-order valence-corrected chi connectivity index (χ4v) is 9.43. The Morgan fingerprint density at radius 2 is 1.18 bits per heavy atom. The van der Waals surface area contributed by atoms with Gasteiger partial charge in [0.15, 0.2) is 0 Å². The van der Waals surface area contributed by atoms with Crippen molar-refractivity contribution < 1.29 is 25.1 Å². The van der Waals surface area contributed by atoms with Crippen molar-refractivity contribution in [2.24, 2.45) is 11.8 Å². The maximum absolute atomic E-state index is 15.0. The number of hydrogen-bond donors (Lipinski definition) is 3. The first-order valence-corrected chi connectivity index (χ1v) is 20.2.